The summed E-state index contributed by atoms with van der Waals surface area (Å²) >= 11 is 6.26. The lowest BCUT2D eigenvalue weighted by atomic mass is 10.1. The van der Waals surface area contributed by atoms with Crippen LogP contribution in [0.15, 0.2) is 18.2 Å². The zero-order chi connectivity index (χ0) is 14.7. The Morgan fingerprint density at radius 3 is 2.76 bits per heavy atom. The second-order valence-corrected chi connectivity index (χ2v) is 6.26. The summed E-state index contributed by atoms with van der Waals surface area (Å²) in [6.07, 6.45) is 5.83. The van der Waals surface area contributed by atoms with Gasteiger partial charge in [0.2, 0.25) is 5.91 Å². The van der Waals surface area contributed by atoms with Gasteiger partial charge in [0.1, 0.15) is 5.75 Å². The highest BCUT2D eigenvalue weighted by Gasteiger charge is 2.23. The van der Waals surface area contributed by atoms with Crippen LogP contribution in [0.1, 0.15) is 32.1 Å². The molecule has 5 heteroatoms. The number of halogens is 1. The molecule has 2 N–H and O–H groups in total. The molecule has 1 atom stereocenters. The van der Waals surface area contributed by atoms with Crippen LogP contribution in [0.4, 0.5) is 5.69 Å². The van der Waals surface area contributed by atoms with E-state index in [-0.39, 0.29) is 17.9 Å². The first-order valence-electron chi connectivity index (χ1n) is 7.70. The summed E-state index contributed by atoms with van der Waals surface area (Å²) in [6.45, 7) is 1.66. The maximum atomic E-state index is 12.1. The van der Waals surface area contributed by atoms with Gasteiger partial charge in [-0.1, -0.05) is 11.6 Å². The molecule has 0 aromatic heterocycles. The van der Waals surface area contributed by atoms with Crippen LogP contribution in [0.25, 0.3) is 0 Å². The average molecular weight is 309 g/mol. The average Bonchev–Trinajstić information content (AvgIpc) is 3.14. The van der Waals surface area contributed by atoms with Gasteiger partial charge in [0, 0.05) is 12.2 Å². The number of anilines is 1. The molecule has 0 spiro atoms. The number of nitrogens with one attached hydrogen (secondary N) is 2. The van der Waals surface area contributed by atoms with Crippen molar-refractivity contribution >= 4 is 23.2 Å². The SMILES string of the molecule is O=C(Nc1ccc(OC2CCCC2)c(Cl)c1)C1CCNC1. The third-order valence-electron chi connectivity index (χ3n) is 4.23. The van der Waals surface area contributed by atoms with Gasteiger partial charge >= 0.3 is 0 Å². The summed E-state index contributed by atoms with van der Waals surface area (Å²) in [4.78, 5) is 12.1. The minimum absolute atomic E-state index is 0.0539. The number of rotatable bonds is 4. The number of hydrogen-bond donors (Lipinski definition) is 2. The molecule has 4 nitrogen and oxygen atoms in total. The first-order chi connectivity index (χ1) is 10.2. The lowest BCUT2D eigenvalue weighted by molar-refractivity contribution is -0.119. The largest absolute Gasteiger partial charge is 0.489 e. The van der Waals surface area contributed by atoms with Crippen LogP contribution in [0.2, 0.25) is 5.02 Å². The summed E-state index contributed by atoms with van der Waals surface area (Å²) in [5, 5.41) is 6.68. The van der Waals surface area contributed by atoms with Crippen LogP contribution in [0, 0.1) is 5.92 Å². The lowest BCUT2D eigenvalue weighted by Gasteiger charge is -2.15. The highest BCUT2D eigenvalue weighted by Crippen LogP contribution is 2.32. The topological polar surface area (TPSA) is 50.4 Å². The zero-order valence-corrected chi connectivity index (χ0v) is 12.8. The minimum Gasteiger partial charge on any atom is -0.489 e. The van der Waals surface area contributed by atoms with Gasteiger partial charge in [0.15, 0.2) is 0 Å². The first-order valence-corrected chi connectivity index (χ1v) is 8.08. The highest BCUT2D eigenvalue weighted by molar-refractivity contribution is 6.32. The van der Waals surface area contributed by atoms with Crippen LogP contribution in [-0.4, -0.2) is 25.1 Å². The summed E-state index contributed by atoms with van der Waals surface area (Å²) in [7, 11) is 0. The van der Waals surface area contributed by atoms with E-state index in [0.29, 0.717) is 10.8 Å². The van der Waals surface area contributed by atoms with Gasteiger partial charge in [-0.2, -0.15) is 0 Å². The number of benzene rings is 1. The molecule has 2 fully saturated rings. The Bertz CT molecular complexity index is 509. The number of hydrogen-bond acceptors (Lipinski definition) is 3. The smallest absolute Gasteiger partial charge is 0.228 e. The van der Waals surface area contributed by atoms with Crippen LogP contribution in [0.3, 0.4) is 0 Å². The van der Waals surface area contributed by atoms with Gasteiger partial charge in [-0.15, -0.1) is 0 Å². The number of amides is 1. The molecule has 1 aromatic rings. The van der Waals surface area contributed by atoms with Crippen LogP contribution in [-0.2, 0) is 4.79 Å². The molecule has 1 aliphatic carbocycles. The summed E-state index contributed by atoms with van der Waals surface area (Å²) < 4.78 is 5.91. The Labute approximate surface area is 130 Å². The van der Waals surface area contributed by atoms with Gasteiger partial charge in [-0.25, -0.2) is 0 Å². The summed E-state index contributed by atoms with van der Waals surface area (Å²) in [6, 6.07) is 5.48. The van der Waals surface area contributed by atoms with Crippen molar-refractivity contribution in [1.82, 2.24) is 5.32 Å². The maximum absolute atomic E-state index is 12.1. The Morgan fingerprint density at radius 2 is 2.10 bits per heavy atom. The van der Waals surface area contributed by atoms with Crippen molar-refractivity contribution in [2.75, 3.05) is 18.4 Å². The van der Waals surface area contributed by atoms with E-state index < -0.39 is 0 Å². The van der Waals surface area contributed by atoms with Crippen molar-refractivity contribution in [2.24, 2.45) is 5.92 Å². The molecule has 1 saturated heterocycles. The van der Waals surface area contributed by atoms with Crippen LogP contribution >= 0.6 is 11.6 Å². The fourth-order valence-corrected chi connectivity index (χ4v) is 3.21. The lowest BCUT2D eigenvalue weighted by Crippen LogP contribution is -2.24. The zero-order valence-electron chi connectivity index (χ0n) is 12.0. The van der Waals surface area contributed by atoms with E-state index in [1.165, 1.54) is 12.8 Å². The van der Waals surface area contributed by atoms with E-state index in [4.69, 9.17) is 16.3 Å². The summed E-state index contributed by atoms with van der Waals surface area (Å²) in [5.41, 5.74) is 0.732. The molecule has 1 aromatic carbocycles. The third-order valence-corrected chi connectivity index (χ3v) is 4.52. The quantitative estimate of drug-likeness (QED) is 0.898. The number of carbonyl (C=O) groups is 1. The standard InChI is InChI=1S/C16H21ClN2O2/c17-14-9-12(19-16(20)11-7-8-18-10-11)5-6-15(14)21-13-3-1-2-4-13/h5-6,9,11,13,18H,1-4,7-8,10H2,(H,19,20). The van der Waals surface area contributed by atoms with E-state index in [2.05, 4.69) is 10.6 Å². The molecule has 0 radical (unpaired) electrons. The predicted molar refractivity (Wildman–Crippen MR) is 83.9 cm³/mol. The van der Waals surface area contributed by atoms with Crippen molar-refractivity contribution in [1.29, 1.82) is 0 Å². The molecule has 1 saturated carbocycles. The van der Waals surface area contributed by atoms with Crippen molar-refractivity contribution in [3.8, 4) is 5.75 Å². The van der Waals surface area contributed by atoms with E-state index in [1.807, 2.05) is 12.1 Å². The van der Waals surface area contributed by atoms with Gasteiger partial charge in [0.25, 0.3) is 0 Å². The van der Waals surface area contributed by atoms with E-state index in [0.717, 1.165) is 38.0 Å². The van der Waals surface area contributed by atoms with Crippen molar-refractivity contribution in [2.45, 2.75) is 38.2 Å². The molecule has 1 aliphatic heterocycles. The monoisotopic (exact) mass is 308 g/mol. The molecule has 2 aliphatic rings. The summed E-state index contributed by atoms with van der Waals surface area (Å²) in [5.74, 6) is 0.822. The Balaban J connectivity index is 1.61. The van der Waals surface area contributed by atoms with E-state index in [1.54, 1.807) is 6.07 Å². The first kappa shape index (κ1) is 14.7. The molecule has 1 heterocycles. The predicted octanol–water partition coefficient (Wildman–Crippen LogP) is 3.21. The molecule has 114 valence electrons. The molecular weight excluding hydrogens is 288 g/mol. The highest BCUT2D eigenvalue weighted by atomic mass is 35.5. The van der Waals surface area contributed by atoms with Crippen LogP contribution < -0.4 is 15.4 Å². The second kappa shape index (κ2) is 6.67. The molecule has 21 heavy (non-hydrogen) atoms. The molecule has 3 rings (SSSR count). The number of ether oxygens (including phenoxy) is 1. The normalized spacial score (nSPS) is 22.4. The van der Waals surface area contributed by atoms with Crippen molar-refractivity contribution < 1.29 is 9.53 Å². The van der Waals surface area contributed by atoms with Gasteiger partial charge in [-0.3, -0.25) is 4.79 Å². The van der Waals surface area contributed by atoms with Gasteiger partial charge in [0.05, 0.1) is 17.0 Å². The van der Waals surface area contributed by atoms with E-state index >= 15 is 0 Å². The maximum Gasteiger partial charge on any atom is 0.228 e. The fourth-order valence-electron chi connectivity index (χ4n) is 2.98. The van der Waals surface area contributed by atoms with Gasteiger partial charge in [-0.05, 0) is 56.8 Å². The molecule has 1 amide bonds. The Kier molecular flexibility index (Phi) is 4.66. The second-order valence-electron chi connectivity index (χ2n) is 5.85. The Hall–Kier alpha value is -1.26. The van der Waals surface area contributed by atoms with Crippen molar-refractivity contribution in [3.05, 3.63) is 23.2 Å². The van der Waals surface area contributed by atoms with E-state index in [9.17, 15) is 4.79 Å². The fraction of sp³-hybridized carbons (Fsp3) is 0.562. The van der Waals surface area contributed by atoms with Gasteiger partial charge < -0.3 is 15.4 Å². The van der Waals surface area contributed by atoms with Crippen LogP contribution in [0.5, 0.6) is 5.75 Å². The van der Waals surface area contributed by atoms with Crippen molar-refractivity contribution in [3.63, 3.8) is 0 Å². The minimum atomic E-state index is 0.0539. The number of carbonyl (C=O) groups excluding carboxylic acids is 1. The third kappa shape index (κ3) is 3.69. The molecule has 1 unspecified atom stereocenters. The molecule has 0 bridgehead atoms. The molecular formula is C16H21ClN2O2. The Morgan fingerprint density at radius 1 is 1.29 bits per heavy atom.